The maximum absolute atomic E-state index is 13.3. The average molecular weight is 438 g/mol. The van der Waals surface area contributed by atoms with Crippen molar-refractivity contribution in [3.05, 3.63) is 60.2 Å². The molecule has 1 saturated heterocycles. The van der Waals surface area contributed by atoms with Crippen LogP contribution in [0.25, 0.3) is 0 Å². The van der Waals surface area contributed by atoms with Crippen molar-refractivity contribution in [1.29, 1.82) is 0 Å². The maximum atomic E-state index is 13.3. The van der Waals surface area contributed by atoms with E-state index in [0.29, 0.717) is 24.4 Å². The second-order valence-corrected chi connectivity index (χ2v) is 8.40. The molecule has 2 N–H and O–H groups in total. The van der Waals surface area contributed by atoms with E-state index >= 15 is 0 Å². The number of likely N-dealkylation sites (tertiary alicyclic amines) is 1. The van der Waals surface area contributed by atoms with Crippen LogP contribution in [-0.2, 0) is 9.59 Å². The van der Waals surface area contributed by atoms with E-state index in [4.69, 9.17) is 4.74 Å². The van der Waals surface area contributed by atoms with Crippen LogP contribution in [0.3, 0.4) is 0 Å². The lowest BCUT2D eigenvalue weighted by Crippen LogP contribution is -2.54. The van der Waals surface area contributed by atoms with E-state index in [2.05, 4.69) is 10.6 Å². The SMILES string of the molecule is COc1ccc(C(=O)N[C@H](C(=O)N2CCC[C@H](C(=O)Nc3ccccc3)C2)C(C)C)cc1. The number of ether oxygens (including phenoxy) is 1. The second kappa shape index (κ2) is 10.8. The smallest absolute Gasteiger partial charge is 0.251 e. The van der Waals surface area contributed by atoms with E-state index < -0.39 is 6.04 Å². The molecule has 0 aliphatic carbocycles. The molecule has 32 heavy (non-hydrogen) atoms. The fraction of sp³-hybridized carbons (Fsp3) is 0.400. The third kappa shape index (κ3) is 5.87. The molecular formula is C25H31N3O4. The molecule has 1 aliphatic heterocycles. The Bertz CT molecular complexity index is 928. The summed E-state index contributed by atoms with van der Waals surface area (Å²) in [7, 11) is 1.56. The molecule has 0 saturated carbocycles. The van der Waals surface area contributed by atoms with Crippen molar-refractivity contribution in [3.63, 3.8) is 0 Å². The Kier molecular flexibility index (Phi) is 7.87. The van der Waals surface area contributed by atoms with Crippen molar-refractivity contribution in [1.82, 2.24) is 10.2 Å². The summed E-state index contributed by atoms with van der Waals surface area (Å²) in [5.74, 6) is -0.265. The van der Waals surface area contributed by atoms with Crippen molar-refractivity contribution < 1.29 is 19.1 Å². The average Bonchev–Trinajstić information content (AvgIpc) is 2.82. The Hall–Kier alpha value is -3.35. The van der Waals surface area contributed by atoms with Gasteiger partial charge in [-0.3, -0.25) is 14.4 Å². The van der Waals surface area contributed by atoms with Crippen molar-refractivity contribution in [2.45, 2.75) is 32.7 Å². The number of benzene rings is 2. The molecule has 7 nitrogen and oxygen atoms in total. The molecular weight excluding hydrogens is 406 g/mol. The highest BCUT2D eigenvalue weighted by Gasteiger charge is 2.34. The van der Waals surface area contributed by atoms with E-state index in [9.17, 15) is 14.4 Å². The minimum Gasteiger partial charge on any atom is -0.497 e. The van der Waals surface area contributed by atoms with Gasteiger partial charge in [0.2, 0.25) is 11.8 Å². The van der Waals surface area contributed by atoms with E-state index in [1.54, 1.807) is 36.3 Å². The summed E-state index contributed by atoms with van der Waals surface area (Å²) >= 11 is 0. The maximum Gasteiger partial charge on any atom is 0.251 e. The number of carbonyl (C=O) groups excluding carboxylic acids is 3. The van der Waals surface area contributed by atoms with Gasteiger partial charge in [0.05, 0.1) is 13.0 Å². The molecule has 3 amide bonds. The van der Waals surface area contributed by atoms with Gasteiger partial charge in [0.15, 0.2) is 0 Å². The highest BCUT2D eigenvalue weighted by Crippen LogP contribution is 2.21. The number of para-hydroxylation sites is 1. The quantitative estimate of drug-likeness (QED) is 0.696. The molecule has 0 bridgehead atoms. The number of amides is 3. The number of hydrogen-bond acceptors (Lipinski definition) is 4. The molecule has 2 aromatic carbocycles. The molecule has 0 aromatic heterocycles. The highest BCUT2D eigenvalue weighted by molar-refractivity contribution is 5.98. The summed E-state index contributed by atoms with van der Waals surface area (Å²) in [4.78, 5) is 40.5. The number of nitrogens with zero attached hydrogens (tertiary/aromatic N) is 1. The molecule has 0 spiro atoms. The molecule has 0 unspecified atom stereocenters. The summed E-state index contributed by atoms with van der Waals surface area (Å²) < 4.78 is 5.13. The van der Waals surface area contributed by atoms with E-state index in [1.165, 1.54) is 0 Å². The fourth-order valence-electron chi connectivity index (χ4n) is 3.83. The van der Waals surface area contributed by atoms with Crippen molar-refractivity contribution in [2.24, 2.45) is 11.8 Å². The van der Waals surface area contributed by atoms with Crippen LogP contribution in [0.4, 0.5) is 5.69 Å². The summed E-state index contributed by atoms with van der Waals surface area (Å²) in [6.07, 6.45) is 1.48. The lowest BCUT2D eigenvalue weighted by Gasteiger charge is -2.35. The molecule has 3 rings (SSSR count). The van der Waals surface area contributed by atoms with Crippen LogP contribution in [-0.4, -0.2) is 48.9 Å². The number of carbonyl (C=O) groups is 3. The van der Waals surface area contributed by atoms with Gasteiger partial charge in [-0.25, -0.2) is 0 Å². The van der Waals surface area contributed by atoms with Gasteiger partial charge in [-0.2, -0.15) is 0 Å². The summed E-state index contributed by atoms with van der Waals surface area (Å²) in [5, 5.41) is 5.81. The highest BCUT2D eigenvalue weighted by atomic mass is 16.5. The predicted molar refractivity (Wildman–Crippen MR) is 123 cm³/mol. The summed E-state index contributed by atoms with van der Waals surface area (Å²) in [6, 6.07) is 15.4. The lowest BCUT2D eigenvalue weighted by atomic mass is 9.94. The van der Waals surface area contributed by atoms with Crippen LogP contribution in [0.1, 0.15) is 37.0 Å². The van der Waals surface area contributed by atoms with Gasteiger partial charge in [0.1, 0.15) is 11.8 Å². The number of piperidine rings is 1. The number of rotatable bonds is 7. The first-order valence-electron chi connectivity index (χ1n) is 11.0. The van der Waals surface area contributed by atoms with Crippen LogP contribution in [0.5, 0.6) is 5.75 Å². The van der Waals surface area contributed by atoms with E-state index in [1.807, 2.05) is 44.2 Å². The third-order valence-corrected chi connectivity index (χ3v) is 5.72. The number of hydrogen-bond donors (Lipinski definition) is 2. The second-order valence-electron chi connectivity index (χ2n) is 8.40. The van der Waals surface area contributed by atoms with Crippen LogP contribution in [0.2, 0.25) is 0 Å². The molecule has 0 radical (unpaired) electrons. The van der Waals surface area contributed by atoms with Gasteiger partial charge < -0.3 is 20.3 Å². The molecule has 7 heteroatoms. The molecule has 1 heterocycles. The Morgan fingerprint density at radius 3 is 2.34 bits per heavy atom. The largest absolute Gasteiger partial charge is 0.497 e. The Balaban J connectivity index is 1.64. The van der Waals surface area contributed by atoms with Crippen LogP contribution in [0.15, 0.2) is 54.6 Å². The van der Waals surface area contributed by atoms with Crippen molar-refractivity contribution in [3.8, 4) is 5.75 Å². The van der Waals surface area contributed by atoms with Crippen LogP contribution >= 0.6 is 0 Å². The molecule has 170 valence electrons. The first kappa shape index (κ1) is 23.3. The van der Waals surface area contributed by atoms with Crippen LogP contribution < -0.4 is 15.4 Å². The van der Waals surface area contributed by atoms with Gasteiger partial charge in [0.25, 0.3) is 5.91 Å². The standard InChI is InChI=1S/C25H31N3O4/c1-17(2)22(27-23(29)18-11-13-21(32-3)14-12-18)25(31)28-15-7-8-19(16-28)24(30)26-20-9-5-4-6-10-20/h4-6,9-14,17,19,22H,7-8,15-16H2,1-3H3,(H,26,30)(H,27,29)/t19-,22-/m0/s1. The van der Waals surface area contributed by atoms with Crippen molar-refractivity contribution >= 4 is 23.4 Å². The van der Waals surface area contributed by atoms with Gasteiger partial charge in [-0.05, 0) is 55.2 Å². The Morgan fingerprint density at radius 2 is 1.72 bits per heavy atom. The molecule has 2 aromatic rings. The number of anilines is 1. The third-order valence-electron chi connectivity index (χ3n) is 5.72. The zero-order chi connectivity index (χ0) is 23.1. The monoisotopic (exact) mass is 437 g/mol. The van der Waals surface area contributed by atoms with Gasteiger partial charge in [0, 0.05) is 24.3 Å². The number of methoxy groups -OCH3 is 1. The van der Waals surface area contributed by atoms with Gasteiger partial charge in [-0.15, -0.1) is 0 Å². The fourth-order valence-corrected chi connectivity index (χ4v) is 3.83. The number of nitrogens with one attached hydrogen (secondary N) is 2. The summed E-state index contributed by atoms with van der Waals surface area (Å²) in [6.45, 7) is 4.73. The topological polar surface area (TPSA) is 87.7 Å². The molecule has 1 aliphatic rings. The van der Waals surface area contributed by atoms with E-state index in [-0.39, 0.29) is 29.6 Å². The van der Waals surface area contributed by atoms with E-state index in [0.717, 1.165) is 18.5 Å². The lowest BCUT2D eigenvalue weighted by molar-refractivity contribution is -0.137. The van der Waals surface area contributed by atoms with Crippen LogP contribution in [0, 0.1) is 11.8 Å². The predicted octanol–water partition coefficient (Wildman–Crippen LogP) is 3.33. The first-order valence-corrected chi connectivity index (χ1v) is 11.0. The summed E-state index contributed by atoms with van der Waals surface area (Å²) in [5.41, 5.74) is 1.20. The minimum absolute atomic E-state index is 0.0861. The zero-order valence-electron chi connectivity index (χ0n) is 18.8. The minimum atomic E-state index is -0.666. The van der Waals surface area contributed by atoms with Crippen molar-refractivity contribution in [2.75, 3.05) is 25.5 Å². The molecule has 2 atom stereocenters. The zero-order valence-corrected chi connectivity index (χ0v) is 18.8. The first-order chi connectivity index (χ1) is 15.4. The van der Waals surface area contributed by atoms with Gasteiger partial charge >= 0.3 is 0 Å². The normalized spacial score (nSPS) is 16.9. The Labute approximate surface area is 189 Å². The Morgan fingerprint density at radius 1 is 1.03 bits per heavy atom. The molecule has 1 fully saturated rings. The van der Waals surface area contributed by atoms with Gasteiger partial charge in [-0.1, -0.05) is 32.0 Å².